The number of hydrogen-bond acceptors (Lipinski definition) is 3. The first-order valence-corrected chi connectivity index (χ1v) is 3.84. The third-order valence-corrected chi connectivity index (χ3v) is 1.89. The zero-order chi connectivity index (χ0) is 8.97. The maximum atomic E-state index is 5.19. The van der Waals surface area contributed by atoms with Crippen LogP contribution in [0.25, 0.3) is 0 Å². The molecule has 12 heavy (non-hydrogen) atoms. The van der Waals surface area contributed by atoms with Crippen molar-refractivity contribution in [2.24, 2.45) is 0 Å². The summed E-state index contributed by atoms with van der Waals surface area (Å²) in [5, 5.41) is 0. The molecule has 68 valence electrons. The van der Waals surface area contributed by atoms with E-state index in [1.807, 2.05) is 12.2 Å². The summed E-state index contributed by atoms with van der Waals surface area (Å²) in [6, 6.07) is 0. The van der Waals surface area contributed by atoms with Crippen LogP contribution in [0.4, 0.5) is 0 Å². The maximum absolute atomic E-state index is 5.19. The van der Waals surface area contributed by atoms with Crippen molar-refractivity contribution >= 4 is 0 Å². The molecule has 0 saturated carbocycles. The van der Waals surface area contributed by atoms with Crippen LogP contribution in [0.15, 0.2) is 23.7 Å². The number of rotatable bonds is 3. The highest BCUT2D eigenvalue weighted by Gasteiger charge is 2.17. The van der Waals surface area contributed by atoms with Crippen molar-refractivity contribution in [1.29, 1.82) is 0 Å². The Labute approximate surface area is 72.6 Å². The predicted octanol–water partition coefficient (Wildman–Crippen LogP) is 1.47. The van der Waals surface area contributed by atoms with Crippen LogP contribution in [-0.2, 0) is 14.2 Å². The van der Waals surface area contributed by atoms with Gasteiger partial charge in [0, 0.05) is 19.6 Å². The molecule has 0 spiro atoms. The molecule has 1 atom stereocenters. The molecule has 1 aliphatic rings. The minimum absolute atomic E-state index is 0.0360. The van der Waals surface area contributed by atoms with Gasteiger partial charge in [0.05, 0.1) is 14.2 Å². The topological polar surface area (TPSA) is 27.7 Å². The van der Waals surface area contributed by atoms with Crippen molar-refractivity contribution in [2.75, 3.05) is 21.3 Å². The van der Waals surface area contributed by atoms with Gasteiger partial charge in [-0.25, -0.2) is 0 Å². The van der Waals surface area contributed by atoms with E-state index in [0.29, 0.717) is 0 Å². The summed E-state index contributed by atoms with van der Waals surface area (Å²) in [6.45, 7) is 0. The normalized spacial score (nSPS) is 22.8. The zero-order valence-electron chi connectivity index (χ0n) is 7.66. The van der Waals surface area contributed by atoms with Crippen molar-refractivity contribution < 1.29 is 14.2 Å². The maximum Gasteiger partial charge on any atom is 0.128 e. The van der Waals surface area contributed by atoms with Gasteiger partial charge in [0.25, 0.3) is 0 Å². The van der Waals surface area contributed by atoms with Crippen molar-refractivity contribution in [3.63, 3.8) is 0 Å². The van der Waals surface area contributed by atoms with Gasteiger partial charge in [0.15, 0.2) is 0 Å². The first-order chi connectivity index (χ1) is 5.81. The van der Waals surface area contributed by atoms with Crippen molar-refractivity contribution in [3.05, 3.63) is 23.7 Å². The van der Waals surface area contributed by atoms with E-state index in [1.165, 1.54) is 0 Å². The molecule has 0 heterocycles. The number of methoxy groups -OCH3 is 3. The molecule has 0 aliphatic heterocycles. The molecule has 0 aromatic carbocycles. The smallest absolute Gasteiger partial charge is 0.128 e. The van der Waals surface area contributed by atoms with E-state index < -0.39 is 0 Å². The molecule has 0 amide bonds. The van der Waals surface area contributed by atoms with E-state index in [9.17, 15) is 0 Å². The molecule has 0 bridgehead atoms. The van der Waals surface area contributed by atoms with Gasteiger partial charge in [-0.2, -0.15) is 0 Å². The highest BCUT2D eigenvalue weighted by atomic mass is 16.5. The summed E-state index contributed by atoms with van der Waals surface area (Å²) in [6.07, 6.45) is 4.67. The van der Waals surface area contributed by atoms with Gasteiger partial charge in [-0.1, -0.05) is 0 Å². The Balaban J connectivity index is 2.71. The van der Waals surface area contributed by atoms with Gasteiger partial charge in [0.2, 0.25) is 0 Å². The van der Waals surface area contributed by atoms with E-state index in [0.717, 1.165) is 17.9 Å². The Morgan fingerprint density at radius 3 is 2.50 bits per heavy atom. The SMILES string of the molecule is COC1=CCC(OC)C(OC)=C1. The summed E-state index contributed by atoms with van der Waals surface area (Å²) >= 11 is 0. The fraction of sp³-hybridized carbons (Fsp3) is 0.556. The van der Waals surface area contributed by atoms with Crippen molar-refractivity contribution in [1.82, 2.24) is 0 Å². The summed E-state index contributed by atoms with van der Waals surface area (Å²) in [5.41, 5.74) is 0. The largest absolute Gasteiger partial charge is 0.498 e. The molecule has 0 N–H and O–H groups in total. The number of ether oxygens (including phenoxy) is 3. The molecule has 3 heteroatoms. The lowest BCUT2D eigenvalue weighted by Crippen LogP contribution is -2.17. The third kappa shape index (κ3) is 1.80. The molecule has 1 unspecified atom stereocenters. The summed E-state index contributed by atoms with van der Waals surface area (Å²) in [4.78, 5) is 0. The van der Waals surface area contributed by atoms with Gasteiger partial charge in [-0.05, 0) is 6.08 Å². The summed E-state index contributed by atoms with van der Waals surface area (Å²) < 4.78 is 15.4. The molecule has 1 aliphatic carbocycles. The lowest BCUT2D eigenvalue weighted by atomic mass is 10.1. The second kappa shape index (κ2) is 4.16. The molecule has 3 nitrogen and oxygen atoms in total. The van der Waals surface area contributed by atoms with E-state index in [2.05, 4.69) is 0 Å². The highest BCUT2D eigenvalue weighted by molar-refractivity contribution is 5.23. The predicted molar refractivity (Wildman–Crippen MR) is 45.6 cm³/mol. The van der Waals surface area contributed by atoms with Gasteiger partial charge in [0.1, 0.15) is 17.6 Å². The standard InChI is InChI=1S/C9H14O3/c1-10-7-4-5-8(11-2)9(6-7)12-3/h4,6,8H,5H2,1-3H3. The molecule has 0 aromatic heterocycles. The first-order valence-electron chi connectivity index (χ1n) is 3.84. The molecule has 0 saturated heterocycles. The average molecular weight is 170 g/mol. The van der Waals surface area contributed by atoms with Crippen LogP contribution in [0.1, 0.15) is 6.42 Å². The Kier molecular flexibility index (Phi) is 3.17. The van der Waals surface area contributed by atoms with E-state index in [4.69, 9.17) is 14.2 Å². The molecule has 1 rings (SSSR count). The Morgan fingerprint density at radius 2 is 2.00 bits per heavy atom. The van der Waals surface area contributed by atoms with Gasteiger partial charge in [-0.3, -0.25) is 0 Å². The molecule has 0 fully saturated rings. The van der Waals surface area contributed by atoms with Crippen molar-refractivity contribution in [2.45, 2.75) is 12.5 Å². The van der Waals surface area contributed by atoms with Crippen LogP contribution < -0.4 is 0 Å². The van der Waals surface area contributed by atoms with Crippen LogP contribution >= 0.6 is 0 Å². The minimum Gasteiger partial charge on any atom is -0.498 e. The van der Waals surface area contributed by atoms with Crippen LogP contribution in [0.2, 0.25) is 0 Å². The summed E-state index contributed by atoms with van der Waals surface area (Å²) in [5.74, 6) is 1.65. The molecule has 0 radical (unpaired) electrons. The van der Waals surface area contributed by atoms with Gasteiger partial charge >= 0.3 is 0 Å². The Hall–Kier alpha value is -0.960. The fourth-order valence-electron chi connectivity index (χ4n) is 1.18. The second-order valence-electron chi connectivity index (χ2n) is 2.52. The van der Waals surface area contributed by atoms with Crippen LogP contribution in [-0.4, -0.2) is 27.4 Å². The Bertz CT molecular complexity index is 206. The zero-order valence-corrected chi connectivity index (χ0v) is 7.66. The number of hydrogen-bond donors (Lipinski definition) is 0. The van der Waals surface area contributed by atoms with E-state index in [1.54, 1.807) is 21.3 Å². The Morgan fingerprint density at radius 1 is 1.25 bits per heavy atom. The van der Waals surface area contributed by atoms with Gasteiger partial charge in [-0.15, -0.1) is 0 Å². The van der Waals surface area contributed by atoms with Crippen LogP contribution in [0, 0.1) is 0 Å². The average Bonchev–Trinajstić information content (AvgIpc) is 2.16. The lowest BCUT2D eigenvalue weighted by molar-refractivity contribution is 0.0762. The van der Waals surface area contributed by atoms with Crippen LogP contribution in [0.3, 0.4) is 0 Å². The molecular formula is C9H14O3. The third-order valence-electron chi connectivity index (χ3n) is 1.89. The van der Waals surface area contributed by atoms with E-state index in [-0.39, 0.29) is 6.10 Å². The van der Waals surface area contributed by atoms with E-state index >= 15 is 0 Å². The molecular weight excluding hydrogens is 156 g/mol. The van der Waals surface area contributed by atoms with Crippen LogP contribution in [0.5, 0.6) is 0 Å². The fourth-order valence-corrected chi connectivity index (χ4v) is 1.18. The number of allylic oxidation sites excluding steroid dienone is 1. The quantitative estimate of drug-likeness (QED) is 0.642. The van der Waals surface area contributed by atoms with Gasteiger partial charge < -0.3 is 14.2 Å². The lowest BCUT2D eigenvalue weighted by Gasteiger charge is -2.20. The molecule has 0 aromatic rings. The monoisotopic (exact) mass is 170 g/mol. The summed E-state index contributed by atoms with van der Waals surface area (Å²) in [7, 11) is 4.95. The minimum atomic E-state index is 0.0360. The van der Waals surface area contributed by atoms with Crippen molar-refractivity contribution in [3.8, 4) is 0 Å². The first kappa shape index (κ1) is 9.13. The highest BCUT2D eigenvalue weighted by Crippen LogP contribution is 2.20. The second-order valence-corrected chi connectivity index (χ2v) is 2.52.